The fraction of sp³-hybridized carbons (Fsp3) is 0.711. The first-order valence-electron chi connectivity index (χ1n) is 17.4. The number of hydrogen-bond acceptors (Lipinski definition) is 5. The summed E-state index contributed by atoms with van der Waals surface area (Å²) in [5.74, 6) is 4.89. The Morgan fingerprint density at radius 3 is 2.58 bits per heavy atom. The molecule has 1 aromatic carbocycles. The number of hydrogen-bond donors (Lipinski definition) is 1. The van der Waals surface area contributed by atoms with Crippen LogP contribution >= 0.6 is 0 Å². The first-order chi connectivity index (χ1) is 20.4. The molecule has 4 fully saturated rings. The normalized spacial score (nSPS) is 40.0. The van der Waals surface area contributed by atoms with Gasteiger partial charge in [-0.1, -0.05) is 54.0 Å². The standard InChI is InChI=1S/C38H54N2O3/c1-8-39(20-25-9-10-25)33-19-30-22(2)15-28(18-31(30)37(5,6)23(33)3)43-34-16-26(34)21-40-14-13-38(7)24(4)35(40)36(42)29-12-11-27(41)17-32(29)38/h11-12,15,17-18,22-26,30,33-35,41H,8-10,13-14,16,19-21H2,1-7H3/t22?,23-,24?,26?,30?,33?,34?,35-,38+/m0/s1. The van der Waals surface area contributed by atoms with Crippen LogP contribution < -0.4 is 0 Å². The van der Waals surface area contributed by atoms with Crippen LogP contribution in [0.15, 0.2) is 41.7 Å². The number of aromatic hydroxyl groups is 1. The average Bonchev–Trinajstić information content (AvgIpc) is 3.90. The number of nitrogens with zero attached hydrogens (tertiary/aromatic N) is 2. The predicted molar refractivity (Wildman–Crippen MR) is 172 cm³/mol. The second-order valence-electron chi connectivity index (χ2n) is 16.1. The van der Waals surface area contributed by atoms with E-state index in [0.717, 1.165) is 55.3 Å². The van der Waals surface area contributed by atoms with Gasteiger partial charge in [0.1, 0.15) is 17.6 Å². The van der Waals surface area contributed by atoms with Gasteiger partial charge in [0.25, 0.3) is 0 Å². The number of allylic oxidation sites excluding steroid dienone is 3. The summed E-state index contributed by atoms with van der Waals surface area (Å²) < 4.78 is 6.74. The van der Waals surface area contributed by atoms with Crippen molar-refractivity contribution in [2.24, 2.45) is 40.9 Å². The highest BCUT2D eigenvalue weighted by Gasteiger charge is 2.54. The molecule has 0 amide bonds. The number of ketones is 1. The van der Waals surface area contributed by atoms with Crippen molar-refractivity contribution in [3.8, 4) is 5.75 Å². The number of phenolic OH excluding ortho intramolecular Hbond substituents is 1. The van der Waals surface area contributed by atoms with Gasteiger partial charge in [-0.05, 0) is 122 Å². The van der Waals surface area contributed by atoms with Gasteiger partial charge in [-0.15, -0.1) is 0 Å². The molecule has 43 heavy (non-hydrogen) atoms. The van der Waals surface area contributed by atoms with Crippen molar-refractivity contribution < 1.29 is 14.6 Å². The highest BCUT2D eigenvalue weighted by molar-refractivity contribution is 6.03. The van der Waals surface area contributed by atoms with Crippen LogP contribution in [0.4, 0.5) is 0 Å². The summed E-state index contributed by atoms with van der Waals surface area (Å²) in [6.45, 7) is 21.0. The SMILES string of the molecule is CCN(CC1CC1)C1CC2C(=CC(OC3CC3CN3CC[C@@]4(C)c5cc(O)ccc5C(=O)[C@@H]3C4C)=CC2C)C(C)(C)[C@H]1C. The van der Waals surface area contributed by atoms with Crippen LogP contribution in [0.2, 0.25) is 0 Å². The Morgan fingerprint density at radius 1 is 1.09 bits per heavy atom. The second-order valence-corrected chi connectivity index (χ2v) is 16.1. The predicted octanol–water partition coefficient (Wildman–Crippen LogP) is 7.20. The maximum absolute atomic E-state index is 13.7. The summed E-state index contributed by atoms with van der Waals surface area (Å²) in [6, 6.07) is 5.91. The molecule has 0 radical (unpaired) electrons. The van der Waals surface area contributed by atoms with Crippen LogP contribution in [-0.4, -0.2) is 65.1 Å². The summed E-state index contributed by atoms with van der Waals surface area (Å²) >= 11 is 0. The Bertz CT molecular complexity index is 1340. The minimum absolute atomic E-state index is 0.0800. The van der Waals surface area contributed by atoms with E-state index in [2.05, 4.69) is 70.4 Å². The number of piperidine rings is 1. The average molecular weight is 587 g/mol. The summed E-state index contributed by atoms with van der Waals surface area (Å²) in [7, 11) is 0. The molecule has 6 aliphatic rings. The molecule has 0 aromatic heterocycles. The molecular formula is C38H54N2O3. The quantitative estimate of drug-likeness (QED) is 0.349. The number of benzene rings is 1. The molecule has 3 saturated carbocycles. The van der Waals surface area contributed by atoms with E-state index in [1.807, 2.05) is 12.1 Å². The number of ether oxygens (including phenoxy) is 1. The lowest BCUT2D eigenvalue weighted by Crippen LogP contribution is -2.61. The third-order valence-electron chi connectivity index (χ3n) is 13.3. The molecule has 1 saturated heterocycles. The fourth-order valence-electron chi connectivity index (χ4n) is 9.65. The van der Waals surface area contributed by atoms with Crippen molar-refractivity contribution in [3.63, 3.8) is 0 Å². The van der Waals surface area contributed by atoms with Gasteiger partial charge in [0.15, 0.2) is 5.78 Å². The number of likely N-dealkylation sites (tertiary alicyclic amines) is 1. The van der Waals surface area contributed by atoms with Gasteiger partial charge in [-0.25, -0.2) is 0 Å². The highest BCUT2D eigenvalue weighted by Crippen LogP contribution is 2.55. The van der Waals surface area contributed by atoms with Crippen molar-refractivity contribution in [3.05, 3.63) is 52.8 Å². The second kappa shape index (κ2) is 10.5. The Morgan fingerprint density at radius 2 is 1.86 bits per heavy atom. The summed E-state index contributed by atoms with van der Waals surface area (Å²) in [4.78, 5) is 19.0. The molecule has 1 N–H and O–H groups in total. The topological polar surface area (TPSA) is 53.0 Å². The van der Waals surface area contributed by atoms with E-state index in [-0.39, 0.29) is 40.4 Å². The molecule has 5 heteroatoms. The van der Waals surface area contributed by atoms with Gasteiger partial charge >= 0.3 is 0 Å². The number of rotatable bonds is 8. The Hall–Kier alpha value is -2.11. The van der Waals surface area contributed by atoms with Gasteiger partial charge in [-0.2, -0.15) is 0 Å². The van der Waals surface area contributed by atoms with Crippen LogP contribution in [0.5, 0.6) is 5.75 Å². The summed E-state index contributed by atoms with van der Waals surface area (Å²) in [6.07, 6.45) is 11.3. The van der Waals surface area contributed by atoms with Gasteiger partial charge in [0.2, 0.25) is 0 Å². The van der Waals surface area contributed by atoms with E-state index < -0.39 is 0 Å². The van der Waals surface area contributed by atoms with Crippen LogP contribution in [0, 0.1) is 40.9 Å². The number of carbonyl (C=O) groups is 1. The maximum Gasteiger partial charge on any atom is 0.180 e. The van der Waals surface area contributed by atoms with Crippen LogP contribution in [0.1, 0.15) is 96.5 Å². The zero-order valence-corrected chi connectivity index (χ0v) is 27.6. The zero-order chi connectivity index (χ0) is 30.4. The van der Waals surface area contributed by atoms with Crippen molar-refractivity contribution >= 4 is 5.78 Å². The van der Waals surface area contributed by atoms with Gasteiger partial charge in [0, 0.05) is 30.6 Å². The van der Waals surface area contributed by atoms with Crippen molar-refractivity contribution in [2.75, 3.05) is 26.2 Å². The molecule has 2 bridgehead atoms. The van der Waals surface area contributed by atoms with Gasteiger partial charge in [-0.3, -0.25) is 9.69 Å². The van der Waals surface area contributed by atoms with E-state index in [9.17, 15) is 9.90 Å². The van der Waals surface area contributed by atoms with Crippen LogP contribution in [-0.2, 0) is 10.2 Å². The third kappa shape index (κ3) is 4.92. The molecular weight excluding hydrogens is 532 g/mol. The molecule has 1 aromatic rings. The van der Waals surface area contributed by atoms with E-state index in [1.165, 1.54) is 25.8 Å². The zero-order valence-electron chi connectivity index (χ0n) is 27.6. The van der Waals surface area contributed by atoms with Crippen molar-refractivity contribution in [2.45, 2.75) is 104 Å². The molecule has 1 aliphatic heterocycles. The lowest BCUT2D eigenvalue weighted by molar-refractivity contribution is 0.0236. The molecule has 5 aliphatic carbocycles. The molecule has 234 valence electrons. The molecule has 0 spiro atoms. The van der Waals surface area contributed by atoms with E-state index in [1.54, 1.807) is 11.6 Å². The smallest absolute Gasteiger partial charge is 0.180 e. The first kappa shape index (κ1) is 29.6. The Labute approximate surface area is 259 Å². The lowest BCUT2D eigenvalue weighted by Gasteiger charge is -2.53. The van der Waals surface area contributed by atoms with E-state index in [4.69, 9.17) is 4.74 Å². The third-order valence-corrected chi connectivity index (χ3v) is 13.3. The van der Waals surface area contributed by atoms with Gasteiger partial charge < -0.3 is 14.7 Å². The van der Waals surface area contributed by atoms with E-state index in [0.29, 0.717) is 29.7 Å². The van der Waals surface area contributed by atoms with Crippen LogP contribution in [0.3, 0.4) is 0 Å². The van der Waals surface area contributed by atoms with Crippen LogP contribution in [0.25, 0.3) is 0 Å². The number of phenols is 1. The maximum atomic E-state index is 13.7. The number of fused-ring (bicyclic) bond motifs is 5. The Balaban J connectivity index is 1.02. The Kier molecular flexibility index (Phi) is 7.21. The minimum atomic E-state index is -0.0890. The monoisotopic (exact) mass is 586 g/mol. The molecule has 9 atom stereocenters. The number of carbonyl (C=O) groups excluding carboxylic acids is 1. The molecule has 1 heterocycles. The van der Waals surface area contributed by atoms with Crippen molar-refractivity contribution in [1.82, 2.24) is 9.80 Å². The molecule has 6 unspecified atom stereocenters. The van der Waals surface area contributed by atoms with Crippen molar-refractivity contribution in [1.29, 1.82) is 0 Å². The van der Waals surface area contributed by atoms with Gasteiger partial charge in [0.05, 0.1) is 6.04 Å². The largest absolute Gasteiger partial charge is 0.508 e. The summed E-state index contributed by atoms with van der Waals surface area (Å²) in [5.41, 5.74) is 3.51. The number of Topliss-reactive ketones (excluding diaryl/α,β-unsaturated/α-hetero) is 1. The minimum Gasteiger partial charge on any atom is -0.508 e. The fourth-order valence-corrected chi connectivity index (χ4v) is 9.65. The molecule has 5 nitrogen and oxygen atoms in total. The lowest BCUT2D eigenvalue weighted by atomic mass is 9.56. The highest BCUT2D eigenvalue weighted by atomic mass is 16.5. The molecule has 7 rings (SSSR count). The summed E-state index contributed by atoms with van der Waals surface area (Å²) in [5, 5.41) is 10.2. The van der Waals surface area contributed by atoms with E-state index >= 15 is 0 Å². The first-order valence-corrected chi connectivity index (χ1v) is 17.4.